The van der Waals surface area contributed by atoms with E-state index in [2.05, 4.69) is 4.98 Å². The van der Waals surface area contributed by atoms with Crippen LogP contribution < -0.4 is 0 Å². The molecule has 0 spiro atoms. The first kappa shape index (κ1) is 11.1. The van der Waals surface area contributed by atoms with Crippen molar-refractivity contribution in [2.75, 3.05) is 13.2 Å². The molecule has 2 heterocycles. The molecule has 1 atom stereocenters. The first-order valence-corrected chi connectivity index (χ1v) is 5.51. The number of nitrogens with zero attached hydrogens (tertiary/aromatic N) is 1. The summed E-state index contributed by atoms with van der Waals surface area (Å²) < 4.78 is 10.8. The number of ether oxygens (including phenoxy) is 2. The molecule has 0 aromatic carbocycles. The molecule has 0 amide bonds. The minimum Gasteiger partial charge on any atom is -0.379 e. The van der Waals surface area contributed by atoms with Crippen LogP contribution in [0.4, 0.5) is 0 Å². The maximum absolute atomic E-state index is 5.91. The van der Waals surface area contributed by atoms with Gasteiger partial charge in [-0.2, -0.15) is 0 Å². The van der Waals surface area contributed by atoms with E-state index in [9.17, 15) is 0 Å². The minimum atomic E-state index is 0.178. The zero-order valence-corrected chi connectivity index (χ0v) is 9.59. The topological polar surface area (TPSA) is 31.4 Å². The van der Waals surface area contributed by atoms with E-state index in [0.717, 1.165) is 18.6 Å². The number of hydrogen-bond acceptors (Lipinski definition) is 3. The van der Waals surface area contributed by atoms with Gasteiger partial charge in [-0.15, -0.1) is 0 Å². The third kappa shape index (κ3) is 3.05. The van der Waals surface area contributed by atoms with Crippen LogP contribution in [0.5, 0.6) is 0 Å². The molecule has 15 heavy (non-hydrogen) atoms. The fourth-order valence-corrected chi connectivity index (χ4v) is 1.80. The molecule has 2 rings (SSSR count). The maximum Gasteiger partial charge on any atom is 0.136 e. The third-order valence-corrected chi connectivity index (χ3v) is 2.79. The van der Waals surface area contributed by atoms with Crippen molar-refractivity contribution in [3.05, 3.63) is 28.0 Å². The van der Waals surface area contributed by atoms with E-state index in [0.29, 0.717) is 23.5 Å². The number of rotatable bonds is 3. The Labute approximate surface area is 98.3 Å². The Kier molecular flexibility index (Phi) is 3.81. The highest BCUT2D eigenvalue weighted by Crippen LogP contribution is 2.19. The molecule has 1 aromatic rings. The van der Waals surface area contributed by atoms with Crippen LogP contribution in [0.25, 0.3) is 0 Å². The van der Waals surface area contributed by atoms with Gasteiger partial charge in [0.05, 0.1) is 19.3 Å². The van der Waals surface area contributed by atoms with Gasteiger partial charge in [-0.1, -0.05) is 29.3 Å². The highest BCUT2D eigenvalue weighted by Gasteiger charge is 2.16. The van der Waals surface area contributed by atoms with E-state index >= 15 is 0 Å². The van der Waals surface area contributed by atoms with Crippen molar-refractivity contribution in [3.8, 4) is 0 Å². The van der Waals surface area contributed by atoms with Gasteiger partial charge in [-0.25, -0.2) is 4.98 Å². The fraction of sp³-hybridized carbons (Fsp3) is 0.500. The van der Waals surface area contributed by atoms with Gasteiger partial charge in [0.1, 0.15) is 10.3 Å². The van der Waals surface area contributed by atoms with Crippen LogP contribution >= 0.6 is 23.2 Å². The molecule has 5 heteroatoms. The van der Waals surface area contributed by atoms with Crippen LogP contribution in [0.1, 0.15) is 12.0 Å². The predicted molar refractivity (Wildman–Crippen MR) is 58.3 cm³/mol. The molecule has 82 valence electrons. The van der Waals surface area contributed by atoms with Gasteiger partial charge in [-0.05, 0) is 12.5 Å². The van der Waals surface area contributed by atoms with E-state index in [-0.39, 0.29) is 6.10 Å². The largest absolute Gasteiger partial charge is 0.379 e. The van der Waals surface area contributed by atoms with Crippen molar-refractivity contribution >= 4 is 23.2 Å². The van der Waals surface area contributed by atoms with E-state index in [4.69, 9.17) is 32.7 Å². The number of pyridine rings is 1. The van der Waals surface area contributed by atoms with Gasteiger partial charge in [0.15, 0.2) is 0 Å². The highest BCUT2D eigenvalue weighted by molar-refractivity contribution is 6.32. The Morgan fingerprint density at radius 2 is 2.33 bits per heavy atom. The highest BCUT2D eigenvalue weighted by atomic mass is 35.5. The molecule has 1 aliphatic heterocycles. The van der Waals surface area contributed by atoms with Crippen LogP contribution in [0.3, 0.4) is 0 Å². The van der Waals surface area contributed by atoms with Gasteiger partial charge in [0, 0.05) is 12.2 Å². The summed E-state index contributed by atoms with van der Waals surface area (Å²) in [6.45, 7) is 1.90. The quantitative estimate of drug-likeness (QED) is 0.770. The smallest absolute Gasteiger partial charge is 0.136 e. The lowest BCUT2D eigenvalue weighted by molar-refractivity contribution is 0.0317. The Balaban J connectivity index is 1.92. The Morgan fingerprint density at radius 1 is 1.47 bits per heavy atom. The monoisotopic (exact) mass is 247 g/mol. The van der Waals surface area contributed by atoms with Gasteiger partial charge in [0.2, 0.25) is 0 Å². The second-order valence-corrected chi connectivity index (χ2v) is 4.13. The molecule has 1 fully saturated rings. The molecule has 3 nitrogen and oxygen atoms in total. The summed E-state index contributed by atoms with van der Waals surface area (Å²) in [5, 5.41) is 0.800. The molecule has 0 aliphatic carbocycles. The normalized spacial score (nSPS) is 20.8. The molecule has 0 N–H and O–H groups in total. The Bertz CT molecular complexity index is 340. The standard InChI is InChI=1S/C10H11Cl2NO2/c11-9-2-1-7(10(12)13-9)5-15-8-3-4-14-6-8/h1-2,8H,3-6H2. The second-order valence-electron chi connectivity index (χ2n) is 3.38. The van der Waals surface area contributed by atoms with Gasteiger partial charge in [-0.3, -0.25) is 0 Å². The first-order valence-electron chi connectivity index (χ1n) is 4.76. The van der Waals surface area contributed by atoms with Crippen LogP contribution in [-0.2, 0) is 16.1 Å². The van der Waals surface area contributed by atoms with Crippen molar-refractivity contribution in [1.82, 2.24) is 4.98 Å². The van der Waals surface area contributed by atoms with Crippen molar-refractivity contribution < 1.29 is 9.47 Å². The van der Waals surface area contributed by atoms with Crippen LogP contribution in [0.2, 0.25) is 10.3 Å². The molecular formula is C10H11Cl2NO2. The average Bonchev–Trinajstić information content (AvgIpc) is 2.69. The molecule has 0 saturated carbocycles. The third-order valence-electron chi connectivity index (χ3n) is 2.25. The molecule has 1 unspecified atom stereocenters. The summed E-state index contributed by atoms with van der Waals surface area (Å²) >= 11 is 11.6. The van der Waals surface area contributed by atoms with Crippen LogP contribution in [0.15, 0.2) is 12.1 Å². The van der Waals surface area contributed by atoms with Crippen molar-refractivity contribution in [1.29, 1.82) is 0 Å². The van der Waals surface area contributed by atoms with Crippen molar-refractivity contribution in [3.63, 3.8) is 0 Å². The molecule has 0 bridgehead atoms. The van der Waals surface area contributed by atoms with Crippen LogP contribution in [-0.4, -0.2) is 24.3 Å². The van der Waals surface area contributed by atoms with Crippen molar-refractivity contribution in [2.24, 2.45) is 0 Å². The minimum absolute atomic E-state index is 0.178. The number of aromatic nitrogens is 1. The number of hydrogen-bond donors (Lipinski definition) is 0. The summed E-state index contributed by atoms with van der Waals surface area (Å²) in [6, 6.07) is 3.53. The summed E-state index contributed by atoms with van der Waals surface area (Å²) in [5.74, 6) is 0. The summed E-state index contributed by atoms with van der Waals surface area (Å²) in [6.07, 6.45) is 1.12. The molecule has 1 saturated heterocycles. The summed E-state index contributed by atoms with van der Waals surface area (Å²) in [7, 11) is 0. The lowest BCUT2D eigenvalue weighted by atomic mass is 10.3. The molecule has 1 aromatic heterocycles. The van der Waals surface area contributed by atoms with Gasteiger partial charge >= 0.3 is 0 Å². The zero-order valence-electron chi connectivity index (χ0n) is 8.08. The SMILES string of the molecule is Clc1ccc(COC2CCOC2)c(Cl)n1. The molecule has 1 aliphatic rings. The van der Waals surface area contributed by atoms with Crippen molar-refractivity contribution in [2.45, 2.75) is 19.1 Å². The zero-order chi connectivity index (χ0) is 10.7. The van der Waals surface area contributed by atoms with Crippen LogP contribution in [0, 0.1) is 0 Å². The van der Waals surface area contributed by atoms with Gasteiger partial charge < -0.3 is 9.47 Å². The molecule has 0 radical (unpaired) electrons. The van der Waals surface area contributed by atoms with E-state index in [1.807, 2.05) is 6.07 Å². The lowest BCUT2D eigenvalue weighted by Crippen LogP contribution is -2.12. The first-order chi connectivity index (χ1) is 7.25. The van der Waals surface area contributed by atoms with E-state index in [1.54, 1.807) is 6.07 Å². The van der Waals surface area contributed by atoms with E-state index < -0.39 is 0 Å². The lowest BCUT2D eigenvalue weighted by Gasteiger charge is -2.10. The second kappa shape index (κ2) is 5.12. The Morgan fingerprint density at radius 3 is 3.00 bits per heavy atom. The summed E-state index contributed by atoms with van der Waals surface area (Å²) in [4.78, 5) is 3.94. The Hall–Kier alpha value is -0.350. The average molecular weight is 248 g/mol. The number of halogens is 2. The summed E-state index contributed by atoms with van der Waals surface area (Å²) in [5.41, 5.74) is 0.855. The maximum atomic E-state index is 5.91. The fourth-order valence-electron chi connectivity index (χ4n) is 1.40. The predicted octanol–water partition coefficient (Wildman–Crippen LogP) is 2.69. The van der Waals surface area contributed by atoms with E-state index in [1.165, 1.54) is 0 Å². The van der Waals surface area contributed by atoms with Gasteiger partial charge in [0.25, 0.3) is 0 Å². The molecular weight excluding hydrogens is 237 g/mol.